The predicted molar refractivity (Wildman–Crippen MR) is 189 cm³/mol. The van der Waals surface area contributed by atoms with Gasteiger partial charge in [-0.2, -0.15) is 0 Å². The number of anilines is 1. The van der Waals surface area contributed by atoms with E-state index in [1.165, 1.54) is 4.90 Å². The predicted octanol–water partition coefficient (Wildman–Crippen LogP) is 4.43. The van der Waals surface area contributed by atoms with E-state index in [1.54, 1.807) is 28.9 Å². The monoisotopic (exact) mass is 687 g/mol. The Labute approximate surface area is 291 Å². The van der Waals surface area contributed by atoms with Gasteiger partial charge in [0.05, 0.1) is 40.2 Å². The van der Waals surface area contributed by atoms with Crippen molar-refractivity contribution in [1.82, 2.24) is 30.1 Å². The van der Waals surface area contributed by atoms with Gasteiger partial charge in [-0.3, -0.25) is 24.3 Å². The van der Waals surface area contributed by atoms with Crippen LogP contribution in [0.2, 0.25) is 0 Å². The topological polar surface area (TPSA) is 142 Å². The second-order valence-electron chi connectivity index (χ2n) is 13.3. The molecule has 0 unspecified atom stereocenters. The van der Waals surface area contributed by atoms with Crippen LogP contribution in [0.25, 0.3) is 16.1 Å². The summed E-state index contributed by atoms with van der Waals surface area (Å²) >= 11 is 1.58. The van der Waals surface area contributed by atoms with Crippen molar-refractivity contribution < 1.29 is 24.3 Å². The van der Waals surface area contributed by atoms with Crippen LogP contribution >= 0.6 is 11.3 Å². The Balaban J connectivity index is 1.21. The molecular weight excluding hydrogens is 643 g/mol. The molecule has 1 aliphatic rings. The molecule has 12 nitrogen and oxygen atoms in total. The minimum atomic E-state index is -0.964. The molecule has 260 valence electrons. The number of hydroxylamine groups is 1. The first-order valence-corrected chi connectivity index (χ1v) is 17.3. The van der Waals surface area contributed by atoms with Gasteiger partial charge in [-0.05, 0) is 61.6 Å². The number of aromatic nitrogens is 3. The molecule has 0 saturated carbocycles. The Morgan fingerprint density at radius 2 is 1.82 bits per heavy atom. The number of imidazole rings is 1. The Hall–Kier alpha value is -4.59. The van der Waals surface area contributed by atoms with Gasteiger partial charge in [-0.1, -0.05) is 45.0 Å². The van der Waals surface area contributed by atoms with Gasteiger partial charge < -0.3 is 25.2 Å². The number of aliphatic hydroxyl groups is 1. The van der Waals surface area contributed by atoms with E-state index in [9.17, 15) is 19.5 Å². The lowest BCUT2D eigenvalue weighted by atomic mass is 9.85. The van der Waals surface area contributed by atoms with E-state index >= 15 is 0 Å². The van der Waals surface area contributed by atoms with Crippen LogP contribution in [0.1, 0.15) is 58.3 Å². The van der Waals surface area contributed by atoms with E-state index < -0.39 is 35.4 Å². The molecule has 4 atom stereocenters. The first kappa shape index (κ1) is 35.7. The summed E-state index contributed by atoms with van der Waals surface area (Å²) in [5, 5.41) is 18.1. The van der Waals surface area contributed by atoms with Crippen LogP contribution in [0, 0.1) is 12.3 Å². The van der Waals surface area contributed by atoms with Crippen molar-refractivity contribution in [3.05, 3.63) is 84.0 Å². The van der Waals surface area contributed by atoms with Crippen LogP contribution in [0.5, 0.6) is 0 Å². The average molecular weight is 688 g/mol. The number of aryl methyl sites for hydroxylation is 1. The molecule has 4 aromatic rings. The van der Waals surface area contributed by atoms with E-state index in [4.69, 9.17) is 4.84 Å². The van der Waals surface area contributed by atoms with Crippen LogP contribution in [0.3, 0.4) is 0 Å². The third-order valence-electron chi connectivity index (χ3n) is 8.64. The van der Waals surface area contributed by atoms with Crippen molar-refractivity contribution >= 4 is 34.7 Å². The average Bonchev–Trinajstić information content (AvgIpc) is 3.85. The molecule has 3 N–H and O–H groups in total. The number of amides is 3. The molecule has 0 aliphatic carbocycles. The summed E-state index contributed by atoms with van der Waals surface area (Å²) in [7, 11) is 0. The lowest BCUT2D eigenvalue weighted by molar-refractivity contribution is -0.144. The Morgan fingerprint density at radius 1 is 1.10 bits per heavy atom. The summed E-state index contributed by atoms with van der Waals surface area (Å²) in [4.78, 5) is 57.5. The zero-order valence-electron chi connectivity index (χ0n) is 28.8. The van der Waals surface area contributed by atoms with Gasteiger partial charge in [0.15, 0.2) is 6.61 Å². The number of aliphatic hydroxyl groups excluding tert-OH is 1. The number of carbonyl (C=O) groups excluding carboxylic acids is 3. The molecule has 1 fully saturated rings. The first-order chi connectivity index (χ1) is 23.3. The molecule has 0 spiro atoms. The Kier molecular flexibility index (Phi) is 11.2. The Morgan fingerprint density at radius 3 is 2.41 bits per heavy atom. The van der Waals surface area contributed by atoms with Gasteiger partial charge in [0.25, 0.3) is 0 Å². The fourth-order valence-electron chi connectivity index (χ4n) is 5.91. The number of thiazole rings is 1. The summed E-state index contributed by atoms with van der Waals surface area (Å²) in [6, 6.07) is 13.4. The maximum absolute atomic E-state index is 14.0. The number of nitrogens with zero attached hydrogens (tertiary/aromatic N) is 5. The second-order valence-corrected chi connectivity index (χ2v) is 14.2. The minimum Gasteiger partial charge on any atom is -0.391 e. The van der Waals surface area contributed by atoms with Crippen molar-refractivity contribution in [2.45, 2.75) is 72.2 Å². The van der Waals surface area contributed by atoms with E-state index in [1.807, 2.05) is 106 Å². The first-order valence-electron chi connectivity index (χ1n) is 16.4. The number of likely N-dealkylation sites (tertiary alicyclic amines) is 1. The largest absolute Gasteiger partial charge is 0.391 e. The van der Waals surface area contributed by atoms with Crippen molar-refractivity contribution in [3.63, 3.8) is 0 Å². The van der Waals surface area contributed by atoms with E-state index in [0.717, 1.165) is 33.1 Å². The van der Waals surface area contributed by atoms with Gasteiger partial charge in [0.2, 0.25) is 17.7 Å². The lowest BCUT2D eigenvalue weighted by Crippen LogP contribution is -2.58. The summed E-state index contributed by atoms with van der Waals surface area (Å²) in [6.45, 7) is 11.5. The normalized spacial score (nSPS) is 17.4. The fourth-order valence-corrected chi connectivity index (χ4v) is 6.72. The van der Waals surface area contributed by atoms with E-state index in [-0.39, 0.29) is 31.5 Å². The third-order valence-corrected chi connectivity index (χ3v) is 9.62. The molecule has 5 rings (SSSR count). The highest BCUT2D eigenvalue weighted by molar-refractivity contribution is 7.13. The molecule has 49 heavy (non-hydrogen) atoms. The molecule has 0 radical (unpaired) electrons. The van der Waals surface area contributed by atoms with Crippen LogP contribution in [-0.2, 0) is 19.2 Å². The molecule has 2 aromatic carbocycles. The van der Waals surface area contributed by atoms with Crippen LogP contribution in [0.15, 0.2) is 72.8 Å². The fraction of sp³-hybridized carbons (Fsp3) is 0.417. The highest BCUT2D eigenvalue weighted by atomic mass is 32.1. The van der Waals surface area contributed by atoms with Crippen molar-refractivity contribution in [3.8, 4) is 16.1 Å². The van der Waals surface area contributed by atoms with E-state index in [2.05, 4.69) is 20.6 Å². The van der Waals surface area contributed by atoms with Gasteiger partial charge in [-0.15, -0.1) is 11.3 Å². The zero-order chi connectivity index (χ0) is 35.3. The van der Waals surface area contributed by atoms with Crippen LogP contribution in [-0.4, -0.2) is 80.1 Å². The second kappa shape index (κ2) is 15.3. The molecule has 1 aliphatic heterocycles. The van der Waals surface area contributed by atoms with Crippen LogP contribution < -0.4 is 15.7 Å². The molecule has 1 saturated heterocycles. The van der Waals surface area contributed by atoms with Crippen molar-refractivity contribution in [2.75, 3.05) is 24.8 Å². The summed E-state index contributed by atoms with van der Waals surface area (Å²) in [5.41, 5.74) is 5.76. The summed E-state index contributed by atoms with van der Waals surface area (Å²) in [5.74, 6) is -1.27. The number of carbonyl (C=O) groups is 3. The van der Waals surface area contributed by atoms with Crippen molar-refractivity contribution in [2.24, 2.45) is 5.41 Å². The highest BCUT2D eigenvalue weighted by Crippen LogP contribution is 2.29. The molecular formula is C36H45N7O5S. The molecule has 3 amide bonds. The SMILES string of the molecule is CCN(OCC(=O)N[C@H](C(=O)N1C[C@H](O)C[C@H]1C(=O)N[C@@H](C)c1ccc(-c2scnc2C)cc1)C(C)(C)C)c1ccc(-n2ccnc2)cc1. The quantitative estimate of drug-likeness (QED) is 0.186. The number of hydrogen-bond donors (Lipinski definition) is 3. The minimum absolute atomic E-state index is 0.00811. The summed E-state index contributed by atoms with van der Waals surface area (Å²) in [6.07, 6.45) is 4.51. The van der Waals surface area contributed by atoms with Crippen molar-refractivity contribution in [1.29, 1.82) is 0 Å². The zero-order valence-corrected chi connectivity index (χ0v) is 29.6. The Bertz CT molecular complexity index is 1720. The highest BCUT2D eigenvalue weighted by Gasteiger charge is 2.44. The number of β-amino-alcohol motifs (C(OH)–C–C–N with tert-alkyl or cyclic N) is 1. The van der Waals surface area contributed by atoms with Crippen LogP contribution in [0.4, 0.5) is 5.69 Å². The summed E-state index contributed by atoms with van der Waals surface area (Å²) < 4.78 is 1.89. The molecule has 3 heterocycles. The number of rotatable bonds is 12. The van der Waals surface area contributed by atoms with E-state index in [0.29, 0.717) is 6.54 Å². The van der Waals surface area contributed by atoms with Gasteiger partial charge in [0, 0.05) is 37.6 Å². The standard InChI is InChI=1S/C36H45N7O5S/c1-7-43(28-14-12-27(13-15-28)41-17-16-37-21-41)48-20-31(45)40-33(36(4,5)6)35(47)42-19-29(44)18-30(42)34(46)39-23(2)25-8-10-26(11-9-25)32-24(3)38-22-49-32/h8-17,21-23,29-30,33,44H,7,18-20H2,1-6H3,(H,39,46)(H,40,45)/t23-,29+,30-,33+/m0/s1. The van der Waals surface area contributed by atoms with Gasteiger partial charge in [-0.25, -0.2) is 9.97 Å². The molecule has 13 heteroatoms. The molecule has 2 aromatic heterocycles. The third kappa shape index (κ3) is 8.53. The maximum atomic E-state index is 14.0. The number of benzene rings is 2. The van der Waals surface area contributed by atoms with Gasteiger partial charge >= 0.3 is 0 Å². The maximum Gasteiger partial charge on any atom is 0.249 e. The smallest absolute Gasteiger partial charge is 0.249 e. The number of nitrogens with one attached hydrogen (secondary N) is 2. The molecule has 0 bridgehead atoms. The van der Waals surface area contributed by atoms with Gasteiger partial charge in [0.1, 0.15) is 12.1 Å². The number of hydrogen-bond acceptors (Lipinski definition) is 9. The lowest BCUT2D eigenvalue weighted by Gasteiger charge is -2.35.